The summed E-state index contributed by atoms with van der Waals surface area (Å²) in [5.74, 6) is -0.449. The van der Waals surface area contributed by atoms with Crippen molar-refractivity contribution in [2.24, 2.45) is 5.73 Å². The number of benzene rings is 1. The quantitative estimate of drug-likeness (QED) is 0.869. The summed E-state index contributed by atoms with van der Waals surface area (Å²) in [6.45, 7) is 2.95. The minimum absolute atomic E-state index is 0.109. The van der Waals surface area contributed by atoms with E-state index in [0.717, 1.165) is 37.1 Å². The molecule has 0 aliphatic carbocycles. The Morgan fingerprint density at radius 2 is 2.00 bits per heavy atom. The number of rotatable bonds is 4. The molecule has 108 valence electrons. The fraction of sp³-hybridized carbons (Fsp3) is 0.467. The van der Waals surface area contributed by atoms with Gasteiger partial charge in [0.05, 0.1) is 12.6 Å². The number of hydrogen-bond acceptors (Lipinski definition) is 3. The molecule has 5 heteroatoms. The van der Waals surface area contributed by atoms with Gasteiger partial charge < -0.3 is 11.1 Å². The van der Waals surface area contributed by atoms with Crippen LogP contribution < -0.4 is 11.1 Å². The number of likely N-dealkylation sites (tertiary alicyclic amines) is 1. The fourth-order valence-electron chi connectivity index (χ4n) is 2.52. The standard InChI is InChI=1S/C15H21N3O2/c1-11-5-7-12(8-6-11)17-14(19)10-18-9-3-2-4-13(18)15(16)20/h5-8,13H,2-4,9-10H2,1H3,(H2,16,20)(H,17,19)/t13-/m0/s1. The van der Waals surface area contributed by atoms with Crippen LogP contribution in [0.3, 0.4) is 0 Å². The molecule has 1 aliphatic rings. The van der Waals surface area contributed by atoms with E-state index < -0.39 is 0 Å². The van der Waals surface area contributed by atoms with Crippen molar-refractivity contribution in [2.75, 3.05) is 18.4 Å². The summed E-state index contributed by atoms with van der Waals surface area (Å²) in [7, 11) is 0. The minimum Gasteiger partial charge on any atom is -0.368 e. The van der Waals surface area contributed by atoms with Crippen molar-refractivity contribution in [1.29, 1.82) is 0 Å². The van der Waals surface area contributed by atoms with Crippen LogP contribution in [0.1, 0.15) is 24.8 Å². The van der Waals surface area contributed by atoms with Gasteiger partial charge in [-0.2, -0.15) is 0 Å². The summed E-state index contributed by atoms with van der Waals surface area (Å²) in [6.07, 6.45) is 2.73. The van der Waals surface area contributed by atoms with Crippen molar-refractivity contribution >= 4 is 17.5 Å². The number of primary amides is 1. The zero-order valence-electron chi connectivity index (χ0n) is 11.8. The van der Waals surface area contributed by atoms with Gasteiger partial charge in [0.2, 0.25) is 11.8 Å². The lowest BCUT2D eigenvalue weighted by Crippen LogP contribution is -2.50. The predicted octanol–water partition coefficient (Wildman–Crippen LogP) is 1.27. The zero-order valence-corrected chi connectivity index (χ0v) is 11.8. The predicted molar refractivity (Wildman–Crippen MR) is 78.2 cm³/mol. The Labute approximate surface area is 119 Å². The molecule has 1 atom stereocenters. The largest absolute Gasteiger partial charge is 0.368 e. The Kier molecular flexibility index (Phi) is 4.74. The van der Waals surface area contributed by atoms with Gasteiger partial charge in [0.1, 0.15) is 0 Å². The van der Waals surface area contributed by atoms with E-state index in [2.05, 4.69) is 5.32 Å². The van der Waals surface area contributed by atoms with Gasteiger partial charge in [0, 0.05) is 5.69 Å². The lowest BCUT2D eigenvalue weighted by molar-refractivity contribution is -0.126. The molecule has 0 spiro atoms. The molecule has 0 radical (unpaired) electrons. The molecule has 20 heavy (non-hydrogen) atoms. The summed E-state index contributed by atoms with van der Waals surface area (Å²) in [5, 5.41) is 2.84. The Hall–Kier alpha value is -1.88. The molecule has 0 saturated carbocycles. The highest BCUT2D eigenvalue weighted by molar-refractivity contribution is 5.92. The van der Waals surface area contributed by atoms with E-state index >= 15 is 0 Å². The van der Waals surface area contributed by atoms with Crippen LogP contribution in [0.5, 0.6) is 0 Å². The van der Waals surface area contributed by atoms with E-state index in [1.807, 2.05) is 36.1 Å². The molecule has 3 N–H and O–H groups in total. The summed E-state index contributed by atoms with van der Waals surface area (Å²) in [5.41, 5.74) is 7.31. The Balaban J connectivity index is 1.92. The molecular weight excluding hydrogens is 254 g/mol. The average Bonchev–Trinajstić information content (AvgIpc) is 2.41. The van der Waals surface area contributed by atoms with Crippen LogP contribution in [-0.2, 0) is 9.59 Å². The summed E-state index contributed by atoms with van der Waals surface area (Å²) < 4.78 is 0. The summed E-state index contributed by atoms with van der Waals surface area (Å²) in [4.78, 5) is 25.3. The van der Waals surface area contributed by atoms with E-state index in [-0.39, 0.29) is 24.4 Å². The van der Waals surface area contributed by atoms with E-state index in [9.17, 15) is 9.59 Å². The van der Waals surface area contributed by atoms with Crippen LogP contribution in [-0.4, -0.2) is 35.8 Å². The van der Waals surface area contributed by atoms with Crippen LogP contribution in [0.25, 0.3) is 0 Å². The van der Waals surface area contributed by atoms with Gasteiger partial charge in [-0.05, 0) is 38.4 Å². The number of nitrogens with zero attached hydrogens (tertiary/aromatic N) is 1. The third kappa shape index (κ3) is 3.81. The van der Waals surface area contributed by atoms with Gasteiger partial charge in [0.25, 0.3) is 0 Å². The van der Waals surface area contributed by atoms with E-state index in [4.69, 9.17) is 5.73 Å². The van der Waals surface area contributed by atoms with Gasteiger partial charge in [-0.15, -0.1) is 0 Å². The summed E-state index contributed by atoms with van der Waals surface area (Å²) in [6, 6.07) is 7.32. The van der Waals surface area contributed by atoms with Crippen molar-refractivity contribution in [3.63, 3.8) is 0 Å². The lowest BCUT2D eigenvalue weighted by Gasteiger charge is -2.32. The second kappa shape index (κ2) is 6.52. The van der Waals surface area contributed by atoms with Crippen molar-refractivity contribution < 1.29 is 9.59 Å². The van der Waals surface area contributed by atoms with Crippen molar-refractivity contribution in [2.45, 2.75) is 32.2 Å². The number of anilines is 1. The Morgan fingerprint density at radius 1 is 1.30 bits per heavy atom. The highest BCUT2D eigenvalue weighted by atomic mass is 16.2. The molecule has 0 unspecified atom stereocenters. The maximum absolute atomic E-state index is 12.0. The highest BCUT2D eigenvalue weighted by Crippen LogP contribution is 2.16. The average molecular weight is 275 g/mol. The van der Waals surface area contributed by atoms with E-state index in [0.29, 0.717) is 0 Å². The smallest absolute Gasteiger partial charge is 0.238 e. The van der Waals surface area contributed by atoms with Gasteiger partial charge in [0.15, 0.2) is 0 Å². The first-order chi connectivity index (χ1) is 9.56. The SMILES string of the molecule is Cc1ccc(NC(=O)CN2CCCC[C@H]2C(N)=O)cc1. The maximum atomic E-state index is 12.0. The monoisotopic (exact) mass is 275 g/mol. The molecule has 0 bridgehead atoms. The first-order valence-electron chi connectivity index (χ1n) is 6.96. The number of amides is 2. The van der Waals surface area contributed by atoms with Crippen LogP contribution >= 0.6 is 0 Å². The molecule has 5 nitrogen and oxygen atoms in total. The normalized spacial score (nSPS) is 19.6. The van der Waals surface area contributed by atoms with Gasteiger partial charge in [-0.1, -0.05) is 24.1 Å². The number of nitrogens with two attached hydrogens (primary N) is 1. The third-order valence-corrected chi connectivity index (χ3v) is 3.62. The first kappa shape index (κ1) is 14.5. The maximum Gasteiger partial charge on any atom is 0.238 e. The van der Waals surface area contributed by atoms with Crippen LogP contribution in [0.15, 0.2) is 24.3 Å². The molecule has 0 aromatic heterocycles. The van der Waals surface area contributed by atoms with Gasteiger partial charge in [-0.25, -0.2) is 0 Å². The molecule has 1 aromatic carbocycles. The van der Waals surface area contributed by atoms with Crippen molar-refractivity contribution in [1.82, 2.24) is 4.90 Å². The molecule has 1 heterocycles. The molecule has 2 amide bonds. The third-order valence-electron chi connectivity index (χ3n) is 3.62. The lowest BCUT2D eigenvalue weighted by atomic mass is 10.0. The molecule has 1 fully saturated rings. The number of aryl methyl sites for hydroxylation is 1. The van der Waals surface area contributed by atoms with Crippen LogP contribution in [0.2, 0.25) is 0 Å². The second-order valence-electron chi connectivity index (χ2n) is 5.30. The van der Waals surface area contributed by atoms with Crippen LogP contribution in [0.4, 0.5) is 5.69 Å². The Bertz CT molecular complexity index is 484. The number of nitrogens with one attached hydrogen (secondary N) is 1. The van der Waals surface area contributed by atoms with Gasteiger partial charge >= 0.3 is 0 Å². The zero-order chi connectivity index (χ0) is 14.5. The Morgan fingerprint density at radius 3 is 2.65 bits per heavy atom. The topological polar surface area (TPSA) is 75.4 Å². The highest BCUT2D eigenvalue weighted by Gasteiger charge is 2.28. The number of carbonyl (C=O) groups excluding carboxylic acids is 2. The molecule has 1 aliphatic heterocycles. The minimum atomic E-state index is -0.340. The first-order valence-corrected chi connectivity index (χ1v) is 6.96. The van der Waals surface area contributed by atoms with E-state index in [1.165, 1.54) is 0 Å². The van der Waals surface area contributed by atoms with Crippen molar-refractivity contribution in [3.8, 4) is 0 Å². The van der Waals surface area contributed by atoms with Gasteiger partial charge in [-0.3, -0.25) is 14.5 Å². The molecule has 1 aromatic rings. The van der Waals surface area contributed by atoms with E-state index in [1.54, 1.807) is 0 Å². The second-order valence-corrected chi connectivity index (χ2v) is 5.30. The summed E-state index contributed by atoms with van der Waals surface area (Å²) >= 11 is 0. The van der Waals surface area contributed by atoms with Crippen molar-refractivity contribution in [3.05, 3.63) is 29.8 Å². The molecule has 1 saturated heterocycles. The number of piperidine rings is 1. The molecule has 2 rings (SSSR count). The number of carbonyl (C=O) groups is 2. The molecular formula is C15H21N3O2. The number of hydrogen-bond donors (Lipinski definition) is 2. The fourth-order valence-corrected chi connectivity index (χ4v) is 2.52. The van der Waals surface area contributed by atoms with Crippen LogP contribution in [0, 0.1) is 6.92 Å².